The van der Waals surface area contributed by atoms with Gasteiger partial charge in [-0.25, -0.2) is 0 Å². The lowest BCUT2D eigenvalue weighted by Gasteiger charge is -2.18. The smallest absolute Gasteiger partial charge is 0.306 e. The minimum Gasteiger partial charge on any atom is -0.462 e. The van der Waals surface area contributed by atoms with Crippen LogP contribution in [-0.4, -0.2) is 37.2 Å². The summed E-state index contributed by atoms with van der Waals surface area (Å²) in [6, 6.07) is 0. The quantitative estimate of drug-likeness (QED) is 0.0290. The first kappa shape index (κ1) is 46.1. The SMILES string of the molecule is CC/C=C\C/C=C\C/C=C\C/C=C\CCCCC(=O)OCC(COC(=O)CCCCCCC)OC(=O)CCCCCCC/C=C\CCCC. The average molecular weight is 685 g/mol. The van der Waals surface area contributed by atoms with Crippen LogP contribution in [-0.2, 0) is 28.6 Å². The molecule has 0 aliphatic rings. The molecule has 6 heteroatoms. The number of unbranched alkanes of at least 4 members (excludes halogenated alkanes) is 13. The maximum atomic E-state index is 12.6. The van der Waals surface area contributed by atoms with Gasteiger partial charge in [-0.3, -0.25) is 14.4 Å². The van der Waals surface area contributed by atoms with Crippen LogP contribution in [0.5, 0.6) is 0 Å². The van der Waals surface area contributed by atoms with Gasteiger partial charge in [0.05, 0.1) is 0 Å². The van der Waals surface area contributed by atoms with Gasteiger partial charge in [0, 0.05) is 19.3 Å². The zero-order chi connectivity index (χ0) is 35.9. The van der Waals surface area contributed by atoms with Crippen molar-refractivity contribution in [3.63, 3.8) is 0 Å². The Balaban J connectivity index is 4.37. The number of hydrogen-bond donors (Lipinski definition) is 0. The van der Waals surface area contributed by atoms with Crippen LogP contribution in [0.4, 0.5) is 0 Å². The van der Waals surface area contributed by atoms with Crippen molar-refractivity contribution in [3.8, 4) is 0 Å². The number of hydrogen-bond acceptors (Lipinski definition) is 6. The molecule has 0 radical (unpaired) electrons. The summed E-state index contributed by atoms with van der Waals surface area (Å²) in [4.78, 5) is 37.3. The van der Waals surface area contributed by atoms with E-state index in [4.69, 9.17) is 14.2 Å². The van der Waals surface area contributed by atoms with Crippen molar-refractivity contribution in [1.29, 1.82) is 0 Å². The van der Waals surface area contributed by atoms with E-state index in [9.17, 15) is 14.4 Å². The van der Waals surface area contributed by atoms with E-state index in [1.807, 2.05) is 0 Å². The maximum absolute atomic E-state index is 12.6. The Morgan fingerprint density at radius 1 is 0.429 bits per heavy atom. The molecule has 280 valence electrons. The second-order valence-corrected chi connectivity index (χ2v) is 12.8. The topological polar surface area (TPSA) is 78.9 Å². The van der Waals surface area contributed by atoms with E-state index >= 15 is 0 Å². The Kier molecular flexibility index (Phi) is 35.7. The highest BCUT2D eigenvalue weighted by molar-refractivity contribution is 5.71. The molecule has 0 aliphatic carbocycles. The summed E-state index contributed by atoms with van der Waals surface area (Å²) in [7, 11) is 0. The van der Waals surface area contributed by atoms with E-state index < -0.39 is 6.10 Å². The first-order valence-corrected chi connectivity index (χ1v) is 19.8. The molecule has 6 nitrogen and oxygen atoms in total. The third kappa shape index (κ3) is 36.2. The molecule has 1 atom stereocenters. The van der Waals surface area contributed by atoms with Crippen LogP contribution in [0.25, 0.3) is 0 Å². The second-order valence-electron chi connectivity index (χ2n) is 12.8. The molecule has 0 saturated heterocycles. The number of carbonyl (C=O) groups excluding carboxylic acids is 3. The lowest BCUT2D eigenvalue weighted by Crippen LogP contribution is -2.30. The molecule has 0 saturated carbocycles. The summed E-state index contributed by atoms with van der Waals surface area (Å²) in [5.41, 5.74) is 0. The van der Waals surface area contributed by atoms with Crippen molar-refractivity contribution < 1.29 is 28.6 Å². The van der Waals surface area contributed by atoms with Crippen LogP contribution in [0.3, 0.4) is 0 Å². The predicted molar refractivity (Wildman–Crippen MR) is 205 cm³/mol. The van der Waals surface area contributed by atoms with Crippen LogP contribution in [0, 0.1) is 0 Å². The van der Waals surface area contributed by atoms with Crippen LogP contribution in [0.15, 0.2) is 60.8 Å². The molecule has 0 spiro atoms. The number of esters is 3. The molecule has 49 heavy (non-hydrogen) atoms. The van der Waals surface area contributed by atoms with Crippen LogP contribution in [0.1, 0.15) is 175 Å². The summed E-state index contributed by atoms with van der Waals surface area (Å²) >= 11 is 0. The zero-order valence-electron chi connectivity index (χ0n) is 31.7. The molecule has 1 unspecified atom stereocenters. The fourth-order valence-corrected chi connectivity index (χ4v) is 5.00. The van der Waals surface area contributed by atoms with Gasteiger partial charge in [-0.15, -0.1) is 0 Å². The molecule has 0 N–H and O–H groups in total. The summed E-state index contributed by atoms with van der Waals surface area (Å²) in [6.45, 7) is 6.32. The van der Waals surface area contributed by atoms with E-state index in [1.54, 1.807) is 0 Å². The fourth-order valence-electron chi connectivity index (χ4n) is 5.00. The normalized spacial score (nSPS) is 12.6. The Hall–Kier alpha value is -2.89. The van der Waals surface area contributed by atoms with Gasteiger partial charge >= 0.3 is 17.9 Å². The number of rotatable bonds is 34. The van der Waals surface area contributed by atoms with Gasteiger partial charge in [0.2, 0.25) is 0 Å². The van der Waals surface area contributed by atoms with E-state index in [0.29, 0.717) is 19.3 Å². The molecular weight excluding hydrogens is 612 g/mol. The lowest BCUT2D eigenvalue weighted by atomic mass is 10.1. The molecule has 0 fully saturated rings. The van der Waals surface area contributed by atoms with Gasteiger partial charge < -0.3 is 14.2 Å². The second kappa shape index (κ2) is 37.9. The van der Waals surface area contributed by atoms with Crippen molar-refractivity contribution in [1.82, 2.24) is 0 Å². The molecular formula is C43H72O6. The Morgan fingerprint density at radius 3 is 1.37 bits per heavy atom. The first-order valence-electron chi connectivity index (χ1n) is 19.8. The Labute approximate surface area is 300 Å². The fraction of sp³-hybridized carbons (Fsp3) is 0.698. The standard InChI is InChI=1S/C43H72O6/c1-4-7-10-13-15-17-19-20-21-22-24-25-27-30-33-36-42(45)48-39-40(38-47-41(44)35-32-29-12-9-6-3)49-43(46)37-34-31-28-26-23-18-16-14-11-8-5-2/h7,10,14-17,20-21,24-25,40H,4-6,8-9,11-13,18-19,22-23,26-39H2,1-3H3/b10-7-,16-14-,17-15-,21-20-,25-24-. The van der Waals surface area contributed by atoms with Crippen molar-refractivity contribution >= 4 is 17.9 Å². The van der Waals surface area contributed by atoms with Crippen LogP contribution < -0.4 is 0 Å². The van der Waals surface area contributed by atoms with Gasteiger partial charge in [-0.1, -0.05) is 139 Å². The molecule has 0 aromatic heterocycles. The van der Waals surface area contributed by atoms with Crippen molar-refractivity contribution in [2.45, 2.75) is 181 Å². The molecule has 0 bridgehead atoms. The highest BCUT2D eigenvalue weighted by Gasteiger charge is 2.19. The van der Waals surface area contributed by atoms with E-state index in [-0.39, 0.29) is 31.1 Å². The number of allylic oxidation sites excluding steroid dienone is 10. The molecule has 0 amide bonds. The minimum absolute atomic E-state index is 0.0928. The van der Waals surface area contributed by atoms with Gasteiger partial charge in [-0.05, 0) is 77.0 Å². The third-order valence-corrected chi connectivity index (χ3v) is 8.01. The predicted octanol–water partition coefficient (Wildman–Crippen LogP) is 12.2. The van der Waals surface area contributed by atoms with E-state index in [0.717, 1.165) is 103 Å². The summed E-state index contributed by atoms with van der Waals surface area (Å²) < 4.78 is 16.5. The summed E-state index contributed by atoms with van der Waals surface area (Å²) in [5.74, 6) is -0.970. The monoisotopic (exact) mass is 685 g/mol. The highest BCUT2D eigenvalue weighted by Crippen LogP contribution is 2.11. The lowest BCUT2D eigenvalue weighted by molar-refractivity contribution is -0.167. The zero-order valence-corrected chi connectivity index (χ0v) is 31.7. The van der Waals surface area contributed by atoms with E-state index in [2.05, 4.69) is 81.5 Å². The van der Waals surface area contributed by atoms with Gasteiger partial charge in [0.25, 0.3) is 0 Å². The molecule has 0 aromatic carbocycles. The number of carbonyl (C=O) groups is 3. The molecule has 0 rings (SSSR count). The largest absolute Gasteiger partial charge is 0.462 e. The summed E-state index contributed by atoms with van der Waals surface area (Å²) in [5, 5.41) is 0. The minimum atomic E-state index is -0.788. The highest BCUT2D eigenvalue weighted by atomic mass is 16.6. The first-order chi connectivity index (χ1) is 24.0. The summed E-state index contributed by atoms with van der Waals surface area (Å²) in [6.07, 6.45) is 43.8. The van der Waals surface area contributed by atoms with Gasteiger partial charge in [0.1, 0.15) is 13.2 Å². The van der Waals surface area contributed by atoms with Gasteiger partial charge in [-0.2, -0.15) is 0 Å². The molecule has 0 heterocycles. The van der Waals surface area contributed by atoms with Crippen LogP contribution in [0.2, 0.25) is 0 Å². The van der Waals surface area contributed by atoms with Crippen LogP contribution >= 0.6 is 0 Å². The maximum Gasteiger partial charge on any atom is 0.306 e. The van der Waals surface area contributed by atoms with E-state index in [1.165, 1.54) is 32.1 Å². The third-order valence-electron chi connectivity index (χ3n) is 8.01. The van der Waals surface area contributed by atoms with Crippen molar-refractivity contribution in [3.05, 3.63) is 60.8 Å². The molecule has 0 aromatic rings. The van der Waals surface area contributed by atoms with Crippen molar-refractivity contribution in [2.75, 3.05) is 13.2 Å². The number of ether oxygens (including phenoxy) is 3. The van der Waals surface area contributed by atoms with Gasteiger partial charge in [0.15, 0.2) is 6.10 Å². The average Bonchev–Trinajstić information content (AvgIpc) is 3.09. The van der Waals surface area contributed by atoms with Crippen molar-refractivity contribution in [2.24, 2.45) is 0 Å². The molecule has 0 aliphatic heterocycles. The Morgan fingerprint density at radius 2 is 0.816 bits per heavy atom. The Bertz CT molecular complexity index is 929.